The number of amides is 2. The molecule has 0 fully saturated rings. The van der Waals surface area contributed by atoms with Gasteiger partial charge >= 0.3 is 0 Å². The summed E-state index contributed by atoms with van der Waals surface area (Å²) in [4.78, 5) is 29.1. The quantitative estimate of drug-likeness (QED) is 0.601. The van der Waals surface area contributed by atoms with Crippen LogP contribution in [0.3, 0.4) is 0 Å². The van der Waals surface area contributed by atoms with Gasteiger partial charge in [-0.2, -0.15) is 0 Å². The van der Waals surface area contributed by atoms with Crippen LogP contribution in [-0.4, -0.2) is 41.3 Å². The average Bonchev–Trinajstić information content (AvgIpc) is 3.10. The van der Waals surface area contributed by atoms with Crippen LogP contribution < -0.4 is 5.32 Å². The summed E-state index contributed by atoms with van der Waals surface area (Å²) in [5, 5.41) is 4.01. The van der Waals surface area contributed by atoms with E-state index in [0.717, 1.165) is 29.3 Å². The van der Waals surface area contributed by atoms with Crippen molar-refractivity contribution < 1.29 is 9.59 Å². The highest BCUT2D eigenvalue weighted by molar-refractivity contribution is 5.88. The Morgan fingerprint density at radius 3 is 2.54 bits per heavy atom. The summed E-state index contributed by atoms with van der Waals surface area (Å²) >= 11 is 0. The minimum Gasteiger partial charge on any atom is -0.361 e. The number of fused-ring (bicyclic) bond motifs is 1. The monoisotopic (exact) mass is 377 g/mol. The van der Waals surface area contributed by atoms with Crippen molar-refractivity contribution in [3.05, 3.63) is 71.9 Å². The highest BCUT2D eigenvalue weighted by atomic mass is 16.2. The fourth-order valence-electron chi connectivity index (χ4n) is 3.39. The number of H-pyrrole nitrogens is 1. The van der Waals surface area contributed by atoms with Gasteiger partial charge in [0.2, 0.25) is 11.8 Å². The predicted molar refractivity (Wildman–Crippen MR) is 112 cm³/mol. The maximum Gasteiger partial charge on any atom is 0.224 e. The molecule has 0 saturated carbocycles. The van der Waals surface area contributed by atoms with Crippen molar-refractivity contribution in [1.82, 2.24) is 15.2 Å². The second-order valence-corrected chi connectivity index (χ2v) is 6.98. The lowest BCUT2D eigenvalue weighted by atomic mass is 10.1. The predicted octanol–water partition coefficient (Wildman–Crippen LogP) is 3.31. The molecule has 0 aliphatic rings. The van der Waals surface area contributed by atoms with Crippen LogP contribution in [0.4, 0.5) is 0 Å². The van der Waals surface area contributed by atoms with Gasteiger partial charge in [-0.3, -0.25) is 9.59 Å². The van der Waals surface area contributed by atoms with Crippen LogP contribution in [-0.2, 0) is 22.4 Å². The number of para-hydroxylation sites is 1. The van der Waals surface area contributed by atoms with Crippen molar-refractivity contribution in [1.29, 1.82) is 0 Å². The Labute approximate surface area is 165 Å². The molecule has 0 spiro atoms. The van der Waals surface area contributed by atoms with E-state index in [0.29, 0.717) is 26.1 Å². The van der Waals surface area contributed by atoms with Gasteiger partial charge in [0.1, 0.15) is 0 Å². The third-order valence-electron chi connectivity index (χ3n) is 4.91. The summed E-state index contributed by atoms with van der Waals surface area (Å²) in [7, 11) is 0. The molecule has 0 radical (unpaired) electrons. The number of nitrogens with one attached hydrogen (secondary N) is 2. The summed E-state index contributed by atoms with van der Waals surface area (Å²) in [6.45, 7) is 3.27. The molecule has 146 valence electrons. The molecule has 0 bridgehead atoms. The van der Waals surface area contributed by atoms with Crippen molar-refractivity contribution in [2.24, 2.45) is 0 Å². The number of aromatic amines is 1. The van der Waals surface area contributed by atoms with Crippen molar-refractivity contribution in [2.75, 3.05) is 19.6 Å². The number of nitrogens with zero attached hydrogens (tertiary/aromatic N) is 1. The first-order valence-corrected chi connectivity index (χ1v) is 9.74. The number of carbonyl (C=O) groups excluding carboxylic acids is 2. The molecule has 2 aromatic carbocycles. The Balaban J connectivity index is 1.42. The summed E-state index contributed by atoms with van der Waals surface area (Å²) in [5.74, 6) is 0.0106. The molecule has 1 aromatic heterocycles. The molecule has 28 heavy (non-hydrogen) atoms. The molecular formula is C23H27N3O2. The Hall–Kier alpha value is -3.08. The molecule has 2 amide bonds. The van der Waals surface area contributed by atoms with Crippen LogP contribution in [0.15, 0.2) is 60.8 Å². The molecule has 5 nitrogen and oxygen atoms in total. The number of aryl methyl sites for hydroxylation is 1. The zero-order valence-electron chi connectivity index (χ0n) is 16.3. The van der Waals surface area contributed by atoms with Gasteiger partial charge in [0, 0.05) is 43.7 Å². The lowest BCUT2D eigenvalue weighted by Gasteiger charge is -2.21. The third kappa shape index (κ3) is 5.46. The van der Waals surface area contributed by atoms with Gasteiger partial charge in [0.05, 0.1) is 6.42 Å². The molecule has 0 saturated heterocycles. The number of hydrogen-bond donors (Lipinski definition) is 2. The zero-order chi connectivity index (χ0) is 19.8. The fraction of sp³-hybridized carbons (Fsp3) is 0.304. The summed E-state index contributed by atoms with van der Waals surface area (Å²) in [6, 6.07) is 18.2. The Morgan fingerprint density at radius 1 is 1.00 bits per heavy atom. The van der Waals surface area contributed by atoms with Crippen LogP contribution in [0.1, 0.15) is 24.5 Å². The van der Waals surface area contributed by atoms with Gasteiger partial charge in [0.15, 0.2) is 0 Å². The topological polar surface area (TPSA) is 65.2 Å². The van der Waals surface area contributed by atoms with Crippen LogP contribution >= 0.6 is 0 Å². The number of aromatic nitrogens is 1. The molecule has 0 aliphatic heterocycles. The minimum absolute atomic E-state index is 0.0301. The lowest BCUT2D eigenvalue weighted by molar-refractivity contribution is -0.129. The average molecular weight is 377 g/mol. The molecule has 3 aromatic rings. The SMILES string of the molecule is CC(=O)N(CCCc1ccccc1)CCNC(=O)Cc1c[nH]c2ccccc12. The van der Waals surface area contributed by atoms with Crippen LogP contribution in [0.2, 0.25) is 0 Å². The maximum atomic E-state index is 12.3. The van der Waals surface area contributed by atoms with E-state index in [1.807, 2.05) is 48.7 Å². The van der Waals surface area contributed by atoms with Crippen LogP contribution in [0, 0.1) is 0 Å². The van der Waals surface area contributed by atoms with Gasteiger partial charge in [-0.1, -0.05) is 48.5 Å². The molecule has 1 heterocycles. The number of carbonyl (C=O) groups is 2. The molecule has 0 unspecified atom stereocenters. The minimum atomic E-state index is -0.0301. The van der Waals surface area contributed by atoms with Gasteiger partial charge in [0.25, 0.3) is 0 Å². The number of hydrogen-bond acceptors (Lipinski definition) is 2. The van der Waals surface area contributed by atoms with E-state index in [1.165, 1.54) is 5.56 Å². The lowest BCUT2D eigenvalue weighted by Crippen LogP contribution is -2.38. The van der Waals surface area contributed by atoms with E-state index < -0.39 is 0 Å². The fourth-order valence-corrected chi connectivity index (χ4v) is 3.39. The summed E-state index contributed by atoms with van der Waals surface area (Å²) in [6.07, 6.45) is 4.07. The van der Waals surface area contributed by atoms with E-state index in [2.05, 4.69) is 22.4 Å². The largest absolute Gasteiger partial charge is 0.361 e. The van der Waals surface area contributed by atoms with E-state index in [1.54, 1.807) is 11.8 Å². The van der Waals surface area contributed by atoms with Gasteiger partial charge in [-0.05, 0) is 30.0 Å². The van der Waals surface area contributed by atoms with Gasteiger partial charge in [-0.25, -0.2) is 0 Å². The first-order valence-electron chi connectivity index (χ1n) is 9.74. The normalized spacial score (nSPS) is 10.8. The van der Waals surface area contributed by atoms with Gasteiger partial charge < -0.3 is 15.2 Å². The smallest absolute Gasteiger partial charge is 0.224 e. The molecule has 0 atom stereocenters. The van der Waals surface area contributed by atoms with E-state index in [9.17, 15) is 9.59 Å². The first kappa shape index (κ1) is 19.7. The highest BCUT2D eigenvalue weighted by Crippen LogP contribution is 2.17. The standard InChI is InChI=1S/C23H27N3O2/c1-18(27)26(14-7-10-19-8-3-2-4-9-19)15-13-24-23(28)16-20-17-25-22-12-6-5-11-21(20)22/h2-6,8-9,11-12,17,25H,7,10,13-16H2,1H3,(H,24,28). The maximum absolute atomic E-state index is 12.3. The molecule has 0 aliphatic carbocycles. The van der Waals surface area contributed by atoms with E-state index in [-0.39, 0.29) is 11.8 Å². The Kier molecular flexibility index (Phi) is 6.84. The van der Waals surface area contributed by atoms with Crippen LogP contribution in [0.5, 0.6) is 0 Å². The van der Waals surface area contributed by atoms with E-state index in [4.69, 9.17) is 0 Å². The van der Waals surface area contributed by atoms with Crippen molar-refractivity contribution in [2.45, 2.75) is 26.2 Å². The van der Waals surface area contributed by atoms with E-state index >= 15 is 0 Å². The summed E-state index contributed by atoms with van der Waals surface area (Å²) in [5.41, 5.74) is 3.30. The molecule has 5 heteroatoms. The molecular weight excluding hydrogens is 350 g/mol. The zero-order valence-corrected chi connectivity index (χ0v) is 16.3. The summed E-state index contributed by atoms with van der Waals surface area (Å²) < 4.78 is 0. The first-order chi connectivity index (χ1) is 13.6. The van der Waals surface area contributed by atoms with Crippen molar-refractivity contribution in [3.63, 3.8) is 0 Å². The second-order valence-electron chi connectivity index (χ2n) is 6.98. The Morgan fingerprint density at radius 2 is 1.75 bits per heavy atom. The van der Waals surface area contributed by atoms with Gasteiger partial charge in [-0.15, -0.1) is 0 Å². The number of rotatable bonds is 9. The third-order valence-corrected chi connectivity index (χ3v) is 4.91. The van der Waals surface area contributed by atoms with Crippen molar-refractivity contribution >= 4 is 22.7 Å². The second kappa shape index (κ2) is 9.74. The molecule has 3 rings (SSSR count). The van der Waals surface area contributed by atoms with Crippen molar-refractivity contribution in [3.8, 4) is 0 Å². The molecule has 2 N–H and O–H groups in total. The van der Waals surface area contributed by atoms with Crippen LogP contribution in [0.25, 0.3) is 10.9 Å². The highest BCUT2D eigenvalue weighted by Gasteiger charge is 2.11. The Bertz CT molecular complexity index is 918. The number of benzene rings is 2.